The van der Waals surface area contributed by atoms with Crippen LogP contribution >= 0.6 is 47.0 Å². The lowest BCUT2D eigenvalue weighted by atomic mass is 9.97. The van der Waals surface area contributed by atoms with Crippen LogP contribution in [0.25, 0.3) is 0 Å². The summed E-state index contributed by atoms with van der Waals surface area (Å²) in [4.78, 5) is 38.1. The highest BCUT2D eigenvalue weighted by Crippen LogP contribution is 2.12. The summed E-state index contributed by atoms with van der Waals surface area (Å²) in [6.07, 6.45) is 3.17. The molecule has 0 bridgehead atoms. The van der Waals surface area contributed by atoms with Gasteiger partial charge in [0.2, 0.25) is 11.8 Å². The predicted molar refractivity (Wildman–Crippen MR) is 150 cm³/mol. The number of amides is 2. The molecule has 0 spiro atoms. The number of carboxylic acid groups (broad SMARTS) is 1. The maximum atomic E-state index is 13.3. The van der Waals surface area contributed by atoms with E-state index in [9.17, 15) is 19.5 Å². The van der Waals surface area contributed by atoms with Crippen molar-refractivity contribution in [3.05, 3.63) is 33.4 Å². The van der Waals surface area contributed by atoms with Crippen molar-refractivity contribution in [3.8, 4) is 0 Å². The van der Waals surface area contributed by atoms with Crippen molar-refractivity contribution in [2.75, 3.05) is 24.3 Å². The zero-order valence-corrected chi connectivity index (χ0v) is 23.8. The minimum absolute atomic E-state index is 0.00230. The number of thioether (sulfide) groups is 1. The number of halogens is 1. The highest BCUT2D eigenvalue weighted by Gasteiger charge is 2.30. The van der Waals surface area contributed by atoms with Gasteiger partial charge in [-0.05, 0) is 64.6 Å². The molecule has 192 valence electrons. The van der Waals surface area contributed by atoms with Crippen molar-refractivity contribution in [1.29, 1.82) is 0 Å². The van der Waals surface area contributed by atoms with Crippen molar-refractivity contribution in [3.63, 3.8) is 0 Å². The Labute approximate surface area is 225 Å². The van der Waals surface area contributed by atoms with Crippen LogP contribution in [0.15, 0.2) is 24.3 Å². The Bertz CT molecular complexity index is 785. The normalized spacial score (nSPS) is 15.6. The van der Waals surface area contributed by atoms with Crippen molar-refractivity contribution >= 4 is 64.8 Å². The highest BCUT2D eigenvalue weighted by atomic mass is 127. The molecule has 0 unspecified atom stereocenters. The Kier molecular flexibility index (Phi) is 15.2. The molecule has 2 amide bonds. The van der Waals surface area contributed by atoms with Crippen LogP contribution in [-0.2, 0) is 20.8 Å². The fourth-order valence-corrected chi connectivity index (χ4v) is 4.18. The van der Waals surface area contributed by atoms with Crippen LogP contribution in [0.1, 0.15) is 32.3 Å². The Balaban J connectivity index is 3.09. The molecule has 0 heterocycles. The smallest absolute Gasteiger partial charge is 0.326 e. The topological polar surface area (TPSA) is 134 Å². The Morgan fingerprint density at radius 2 is 1.76 bits per heavy atom. The number of benzene rings is 1. The van der Waals surface area contributed by atoms with Crippen LogP contribution < -0.4 is 21.7 Å². The Hall–Kier alpha value is -1.02. The van der Waals surface area contributed by atoms with Gasteiger partial charge in [0.15, 0.2) is 0 Å². The molecule has 0 fully saturated rings. The monoisotopic (exact) mass is 624 g/mol. The predicted octanol–water partition coefficient (Wildman–Crippen LogP) is 1.90. The number of carbonyl (C=O) groups is 3. The van der Waals surface area contributed by atoms with Crippen LogP contribution in [0, 0.1) is 9.49 Å². The minimum Gasteiger partial charge on any atom is -0.480 e. The summed E-state index contributed by atoms with van der Waals surface area (Å²) in [7, 11) is 0. The fourth-order valence-electron chi connectivity index (χ4n) is 3.22. The fraction of sp³-hybridized carbons (Fsp3) is 0.609. The third-order valence-electron chi connectivity index (χ3n) is 5.54. The third kappa shape index (κ3) is 11.1. The van der Waals surface area contributed by atoms with Crippen molar-refractivity contribution in [1.82, 2.24) is 16.0 Å². The van der Waals surface area contributed by atoms with Gasteiger partial charge in [-0.1, -0.05) is 32.4 Å². The maximum Gasteiger partial charge on any atom is 0.326 e. The molecule has 1 rings (SSSR count). The van der Waals surface area contributed by atoms with Gasteiger partial charge in [0.05, 0.1) is 6.04 Å². The molecule has 11 heteroatoms. The first-order valence-electron chi connectivity index (χ1n) is 11.3. The number of hydrogen-bond donors (Lipinski definition) is 6. The van der Waals surface area contributed by atoms with Gasteiger partial charge in [-0.25, -0.2) is 4.79 Å². The van der Waals surface area contributed by atoms with E-state index in [0.29, 0.717) is 24.5 Å². The molecule has 1 aromatic carbocycles. The van der Waals surface area contributed by atoms with Gasteiger partial charge in [-0.2, -0.15) is 24.4 Å². The lowest BCUT2D eigenvalue weighted by molar-refractivity contribution is -0.142. The number of carbonyl (C=O) groups excluding carboxylic acids is 2. The number of nitrogens with two attached hydrogens (primary N) is 1. The lowest BCUT2D eigenvalue weighted by Gasteiger charge is -2.28. The molecule has 1 aromatic rings. The summed E-state index contributed by atoms with van der Waals surface area (Å²) >= 11 is 7.90. The van der Waals surface area contributed by atoms with Gasteiger partial charge in [-0.15, -0.1) is 0 Å². The zero-order chi connectivity index (χ0) is 25.7. The zero-order valence-electron chi connectivity index (χ0n) is 19.9. The number of thiol groups is 1. The largest absolute Gasteiger partial charge is 0.480 e. The SMILES string of the molecule is CC[C@H](C)[C@H](NC[C@@H](N)CS)C(=O)N[C@@H](Cc1ccc(I)cc1)C(=O)N[C@@H](CCSC)C(=O)O. The number of rotatable bonds is 16. The summed E-state index contributed by atoms with van der Waals surface area (Å²) in [5.74, 6) is -0.856. The summed E-state index contributed by atoms with van der Waals surface area (Å²) < 4.78 is 1.05. The summed E-state index contributed by atoms with van der Waals surface area (Å²) in [5, 5.41) is 18.2. The average molecular weight is 625 g/mol. The quantitative estimate of drug-likeness (QED) is 0.122. The van der Waals surface area contributed by atoms with E-state index >= 15 is 0 Å². The molecule has 0 aliphatic heterocycles. The van der Waals surface area contributed by atoms with Gasteiger partial charge in [0.1, 0.15) is 12.1 Å². The van der Waals surface area contributed by atoms with Crippen LogP contribution in [0.4, 0.5) is 0 Å². The molecule has 0 aliphatic rings. The highest BCUT2D eigenvalue weighted by molar-refractivity contribution is 14.1. The second kappa shape index (κ2) is 16.6. The van der Waals surface area contributed by atoms with Crippen LogP contribution in [-0.4, -0.2) is 71.4 Å². The van der Waals surface area contributed by atoms with Gasteiger partial charge in [-0.3, -0.25) is 9.59 Å². The molecule has 6 N–H and O–H groups in total. The van der Waals surface area contributed by atoms with Crippen molar-refractivity contribution in [2.45, 2.75) is 57.3 Å². The first kappa shape index (κ1) is 31.0. The number of aliphatic carboxylic acids is 1. The molecule has 0 aromatic heterocycles. The molecule has 5 atom stereocenters. The first-order valence-corrected chi connectivity index (χ1v) is 14.4. The Morgan fingerprint density at radius 3 is 2.29 bits per heavy atom. The van der Waals surface area contributed by atoms with Crippen LogP contribution in [0.5, 0.6) is 0 Å². The van der Waals surface area contributed by atoms with Gasteiger partial charge in [0.25, 0.3) is 0 Å². The third-order valence-corrected chi connectivity index (χ3v) is 7.37. The average Bonchev–Trinajstić information content (AvgIpc) is 2.81. The van der Waals surface area contributed by atoms with Crippen LogP contribution in [0.3, 0.4) is 0 Å². The summed E-state index contributed by atoms with van der Waals surface area (Å²) in [5.41, 5.74) is 6.82. The second-order valence-corrected chi connectivity index (χ2v) is 10.9. The van der Waals surface area contributed by atoms with Gasteiger partial charge < -0.3 is 26.8 Å². The molecular formula is C23H37IN4O4S2. The lowest BCUT2D eigenvalue weighted by Crippen LogP contribution is -2.58. The van der Waals surface area contributed by atoms with Crippen molar-refractivity contribution in [2.24, 2.45) is 11.7 Å². The van der Waals surface area contributed by atoms with Gasteiger partial charge in [0, 0.05) is 28.3 Å². The summed E-state index contributed by atoms with van der Waals surface area (Å²) in [6, 6.07) is 4.94. The number of hydrogen-bond acceptors (Lipinski definition) is 7. The second-order valence-electron chi connectivity index (χ2n) is 8.29. The van der Waals surface area contributed by atoms with E-state index in [-0.39, 0.29) is 24.3 Å². The van der Waals surface area contributed by atoms with Gasteiger partial charge >= 0.3 is 5.97 Å². The molecule has 0 saturated heterocycles. The van der Waals surface area contributed by atoms with E-state index < -0.39 is 30.0 Å². The summed E-state index contributed by atoms with van der Waals surface area (Å²) in [6.45, 7) is 4.36. The minimum atomic E-state index is -1.10. The van der Waals surface area contributed by atoms with E-state index in [1.807, 2.05) is 44.4 Å². The van der Waals surface area contributed by atoms with E-state index in [4.69, 9.17) is 5.73 Å². The molecule has 0 saturated carbocycles. The molecule has 0 radical (unpaired) electrons. The maximum absolute atomic E-state index is 13.3. The van der Waals surface area contributed by atoms with E-state index in [0.717, 1.165) is 15.6 Å². The van der Waals surface area contributed by atoms with E-state index in [2.05, 4.69) is 51.2 Å². The number of carboxylic acids is 1. The first-order chi connectivity index (χ1) is 16.1. The Morgan fingerprint density at radius 1 is 1.15 bits per heavy atom. The standard InChI is InChI=1S/C23H37IN4O4S2/c1-4-14(2)20(26-12-17(25)13-33)22(30)28-19(11-15-5-7-16(24)8-6-15)21(29)27-18(23(31)32)9-10-34-3/h5-8,14,17-20,26,33H,4,9-13,25H2,1-3H3,(H,27,29)(H,28,30)(H,31,32)/t14-,17+,18-,19-,20-/m0/s1. The molecular weight excluding hydrogens is 587 g/mol. The van der Waals surface area contributed by atoms with Crippen molar-refractivity contribution < 1.29 is 19.5 Å². The van der Waals surface area contributed by atoms with Crippen LogP contribution in [0.2, 0.25) is 0 Å². The van der Waals surface area contributed by atoms with E-state index in [1.165, 1.54) is 11.8 Å². The molecule has 34 heavy (non-hydrogen) atoms. The van der Waals surface area contributed by atoms with E-state index in [1.54, 1.807) is 0 Å². The number of nitrogens with one attached hydrogen (secondary N) is 3. The molecule has 8 nitrogen and oxygen atoms in total. The molecule has 0 aliphatic carbocycles.